The van der Waals surface area contributed by atoms with Gasteiger partial charge in [0.15, 0.2) is 0 Å². The number of amides is 2. The van der Waals surface area contributed by atoms with Crippen LogP contribution in [0.2, 0.25) is 0 Å². The van der Waals surface area contributed by atoms with Gasteiger partial charge in [0.2, 0.25) is 0 Å². The van der Waals surface area contributed by atoms with Crippen LogP contribution in [0.4, 0.5) is 0 Å². The molecule has 0 spiro atoms. The first-order valence-electron chi connectivity index (χ1n) is 9.94. The van der Waals surface area contributed by atoms with E-state index in [9.17, 15) is 9.59 Å². The number of nitrogens with two attached hydrogens (primary N) is 1. The SMILES string of the molecule is Cl.NC1CC2CCCC(C1)C2NC(=O)c1cccc(C(=O)N2CCCC2)n1. The summed E-state index contributed by atoms with van der Waals surface area (Å²) in [4.78, 5) is 31.5. The molecular formula is C20H29ClN4O2. The minimum absolute atomic E-state index is 0. The Hall–Kier alpha value is -1.66. The highest BCUT2D eigenvalue weighted by atomic mass is 35.5. The molecule has 1 aliphatic heterocycles. The van der Waals surface area contributed by atoms with Crippen LogP contribution in [-0.4, -0.2) is 46.9 Å². The lowest BCUT2D eigenvalue weighted by molar-refractivity contribution is 0.0750. The monoisotopic (exact) mass is 392 g/mol. The number of hydrogen-bond donors (Lipinski definition) is 2. The van der Waals surface area contributed by atoms with Crippen LogP contribution < -0.4 is 11.1 Å². The maximum Gasteiger partial charge on any atom is 0.272 e. The molecule has 3 N–H and O–H groups in total. The molecule has 1 aromatic heterocycles. The highest BCUT2D eigenvalue weighted by molar-refractivity contribution is 5.96. The molecular weight excluding hydrogens is 364 g/mol. The minimum atomic E-state index is -0.168. The lowest BCUT2D eigenvalue weighted by Crippen LogP contribution is -2.53. The summed E-state index contributed by atoms with van der Waals surface area (Å²) in [6.45, 7) is 1.56. The number of nitrogens with one attached hydrogen (secondary N) is 1. The number of aromatic nitrogens is 1. The van der Waals surface area contributed by atoms with Crippen molar-refractivity contribution in [3.8, 4) is 0 Å². The second-order valence-electron chi connectivity index (χ2n) is 8.09. The Morgan fingerprint density at radius 1 is 1.04 bits per heavy atom. The van der Waals surface area contributed by atoms with Gasteiger partial charge >= 0.3 is 0 Å². The van der Waals surface area contributed by atoms with Gasteiger partial charge < -0.3 is 16.0 Å². The number of carbonyl (C=O) groups is 2. The predicted octanol–water partition coefficient (Wildman–Crippen LogP) is 2.38. The molecule has 6 nitrogen and oxygen atoms in total. The van der Waals surface area contributed by atoms with Gasteiger partial charge in [-0.05, 0) is 62.5 Å². The van der Waals surface area contributed by atoms with Crippen LogP contribution in [0, 0.1) is 11.8 Å². The fourth-order valence-electron chi connectivity index (χ4n) is 5.01. The van der Waals surface area contributed by atoms with Crippen LogP contribution in [-0.2, 0) is 0 Å². The standard InChI is InChI=1S/C20H28N4O2.ClH/c21-15-11-13-5-3-6-14(12-15)18(13)23-19(25)16-7-4-8-17(22-16)20(26)24-9-1-2-10-24;/h4,7-8,13-15,18H,1-3,5-6,9-12,21H2,(H,23,25);1H. The predicted molar refractivity (Wildman–Crippen MR) is 106 cm³/mol. The molecule has 2 atom stereocenters. The Bertz CT molecular complexity index is 678. The van der Waals surface area contributed by atoms with Crippen molar-refractivity contribution >= 4 is 24.2 Å². The second kappa shape index (κ2) is 8.57. The number of nitrogens with zero attached hydrogens (tertiary/aromatic N) is 2. The molecule has 2 bridgehead atoms. The Morgan fingerprint density at radius 2 is 1.67 bits per heavy atom. The lowest BCUT2D eigenvalue weighted by atomic mass is 9.67. The zero-order valence-corrected chi connectivity index (χ0v) is 16.4. The third kappa shape index (κ3) is 4.27. The highest BCUT2D eigenvalue weighted by Gasteiger charge is 2.40. The molecule has 27 heavy (non-hydrogen) atoms. The Balaban J connectivity index is 0.00000210. The molecule has 3 fully saturated rings. The van der Waals surface area contributed by atoms with Crippen molar-refractivity contribution in [2.45, 2.75) is 57.0 Å². The van der Waals surface area contributed by atoms with Gasteiger partial charge in [0.25, 0.3) is 11.8 Å². The first-order chi connectivity index (χ1) is 12.6. The van der Waals surface area contributed by atoms with E-state index >= 15 is 0 Å². The van der Waals surface area contributed by atoms with Crippen molar-refractivity contribution in [1.82, 2.24) is 15.2 Å². The first-order valence-corrected chi connectivity index (χ1v) is 9.94. The number of halogens is 1. The summed E-state index contributed by atoms with van der Waals surface area (Å²) in [7, 11) is 0. The van der Waals surface area contributed by atoms with E-state index in [1.54, 1.807) is 18.2 Å². The third-order valence-corrected chi connectivity index (χ3v) is 6.27. The van der Waals surface area contributed by atoms with Gasteiger partial charge in [0.05, 0.1) is 0 Å². The van der Waals surface area contributed by atoms with Crippen molar-refractivity contribution in [1.29, 1.82) is 0 Å². The molecule has 0 radical (unpaired) electrons. The molecule has 2 saturated carbocycles. The Morgan fingerprint density at radius 3 is 2.33 bits per heavy atom. The summed E-state index contributed by atoms with van der Waals surface area (Å²) in [6, 6.07) is 5.60. The lowest BCUT2D eigenvalue weighted by Gasteiger charge is -2.45. The van der Waals surface area contributed by atoms with Crippen LogP contribution >= 0.6 is 12.4 Å². The minimum Gasteiger partial charge on any atom is -0.347 e. The average molecular weight is 393 g/mol. The van der Waals surface area contributed by atoms with Crippen LogP contribution in [0.15, 0.2) is 18.2 Å². The number of fused-ring (bicyclic) bond motifs is 2. The van der Waals surface area contributed by atoms with Crippen molar-refractivity contribution < 1.29 is 9.59 Å². The van der Waals surface area contributed by atoms with E-state index in [1.165, 1.54) is 6.42 Å². The zero-order chi connectivity index (χ0) is 18.1. The summed E-state index contributed by atoms with van der Waals surface area (Å²) in [5.74, 6) is 0.697. The van der Waals surface area contributed by atoms with Gasteiger partial charge in [-0.2, -0.15) is 0 Å². The van der Waals surface area contributed by atoms with Crippen molar-refractivity contribution in [3.05, 3.63) is 29.6 Å². The van der Waals surface area contributed by atoms with Crippen molar-refractivity contribution in [3.63, 3.8) is 0 Å². The highest BCUT2D eigenvalue weighted by Crippen LogP contribution is 2.39. The number of rotatable bonds is 3. The van der Waals surface area contributed by atoms with Gasteiger partial charge in [-0.1, -0.05) is 12.5 Å². The van der Waals surface area contributed by atoms with Crippen molar-refractivity contribution in [2.75, 3.05) is 13.1 Å². The summed E-state index contributed by atoms with van der Waals surface area (Å²) < 4.78 is 0. The molecule has 0 aromatic carbocycles. The van der Waals surface area contributed by atoms with Crippen LogP contribution in [0.5, 0.6) is 0 Å². The maximum atomic E-state index is 12.8. The summed E-state index contributed by atoms with van der Waals surface area (Å²) in [6.07, 6.45) is 7.56. The van der Waals surface area contributed by atoms with E-state index in [4.69, 9.17) is 5.73 Å². The van der Waals surface area contributed by atoms with Gasteiger partial charge in [0.1, 0.15) is 11.4 Å². The van der Waals surface area contributed by atoms with Crippen LogP contribution in [0.3, 0.4) is 0 Å². The third-order valence-electron chi connectivity index (χ3n) is 6.27. The smallest absolute Gasteiger partial charge is 0.272 e. The van der Waals surface area contributed by atoms with Gasteiger partial charge in [-0.3, -0.25) is 9.59 Å². The summed E-state index contributed by atoms with van der Waals surface area (Å²) in [5.41, 5.74) is 6.88. The molecule has 2 amide bonds. The van der Waals surface area contributed by atoms with Gasteiger partial charge in [-0.15, -0.1) is 12.4 Å². The molecule has 3 aliphatic rings. The molecule has 148 valence electrons. The largest absolute Gasteiger partial charge is 0.347 e. The number of carbonyl (C=O) groups excluding carboxylic acids is 2. The Kier molecular flexibility index (Phi) is 6.37. The number of likely N-dealkylation sites (tertiary alicyclic amines) is 1. The topological polar surface area (TPSA) is 88.3 Å². The molecule has 2 unspecified atom stereocenters. The molecule has 4 rings (SSSR count). The fraction of sp³-hybridized carbons (Fsp3) is 0.650. The van der Waals surface area contributed by atoms with E-state index in [0.29, 0.717) is 23.2 Å². The zero-order valence-electron chi connectivity index (χ0n) is 15.6. The second-order valence-corrected chi connectivity index (χ2v) is 8.09. The van der Waals surface area contributed by atoms with E-state index in [1.807, 2.05) is 4.90 Å². The maximum absolute atomic E-state index is 12.8. The average Bonchev–Trinajstić information content (AvgIpc) is 3.16. The molecule has 2 heterocycles. The Labute approximate surface area is 166 Å². The first kappa shape index (κ1) is 20.1. The normalized spacial score (nSPS) is 29.7. The summed E-state index contributed by atoms with van der Waals surface area (Å²) in [5, 5.41) is 3.21. The number of hydrogen-bond acceptors (Lipinski definition) is 4. The number of pyridine rings is 1. The quantitative estimate of drug-likeness (QED) is 0.826. The molecule has 1 aromatic rings. The van der Waals surface area contributed by atoms with Gasteiger partial charge in [-0.25, -0.2) is 4.98 Å². The van der Waals surface area contributed by atoms with E-state index in [0.717, 1.165) is 51.6 Å². The van der Waals surface area contributed by atoms with Crippen LogP contribution in [0.1, 0.15) is 65.9 Å². The summed E-state index contributed by atoms with van der Waals surface area (Å²) >= 11 is 0. The van der Waals surface area contributed by atoms with E-state index < -0.39 is 0 Å². The molecule has 7 heteroatoms. The van der Waals surface area contributed by atoms with E-state index in [-0.39, 0.29) is 36.3 Å². The molecule has 2 aliphatic carbocycles. The van der Waals surface area contributed by atoms with Gasteiger partial charge in [0, 0.05) is 25.2 Å². The van der Waals surface area contributed by atoms with Crippen molar-refractivity contribution in [2.24, 2.45) is 17.6 Å². The molecule has 1 saturated heterocycles. The van der Waals surface area contributed by atoms with Crippen LogP contribution in [0.25, 0.3) is 0 Å². The fourth-order valence-corrected chi connectivity index (χ4v) is 5.01. The van der Waals surface area contributed by atoms with E-state index in [2.05, 4.69) is 10.3 Å².